The summed E-state index contributed by atoms with van der Waals surface area (Å²) in [6.07, 6.45) is 2.04. The summed E-state index contributed by atoms with van der Waals surface area (Å²) < 4.78 is 20.3. The minimum atomic E-state index is -0.427. The van der Waals surface area contributed by atoms with Gasteiger partial charge in [-0.25, -0.2) is 0 Å². The van der Waals surface area contributed by atoms with Crippen molar-refractivity contribution in [2.45, 2.75) is 12.8 Å². The van der Waals surface area contributed by atoms with E-state index in [2.05, 4.69) is 0 Å². The number of methoxy groups -OCH3 is 4. The van der Waals surface area contributed by atoms with E-state index in [1.54, 1.807) is 0 Å². The lowest BCUT2D eigenvalue weighted by Gasteiger charge is -2.61. The fraction of sp³-hybridized carbons (Fsp3) is 0.833. The monoisotopic (exact) mass is 446 g/mol. The highest BCUT2D eigenvalue weighted by Gasteiger charge is 2.81. The van der Waals surface area contributed by atoms with Crippen molar-refractivity contribution in [2.75, 3.05) is 28.4 Å². The second kappa shape index (κ2) is 6.70. The lowest BCUT2D eigenvalue weighted by Crippen LogP contribution is -2.64. The Labute approximate surface area is 186 Å². The van der Waals surface area contributed by atoms with Crippen LogP contribution in [0.5, 0.6) is 0 Å². The summed E-state index contributed by atoms with van der Waals surface area (Å²) >= 11 is 0. The van der Waals surface area contributed by atoms with Gasteiger partial charge in [-0.3, -0.25) is 19.2 Å². The summed E-state index contributed by atoms with van der Waals surface area (Å²) in [7, 11) is 5.52. The molecule has 6 aliphatic rings. The van der Waals surface area contributed by atoms with Gasteiger partial charge in [-0.05, 0) is 72.0 Å². The van der Waals surface area contributed by atoms with Crippen LogP contribution in [0.15, 0.2) is 0 Å². The van der Waals surface area contributed by atoms with Crippen LogP contribution in [-0.4, -0.2) is 52.3 Å². The number of rotatable bonds is 4. The van der Waals surface area contributed by atoms with E-state index >= 15 is 0 Å². The molecular formula is C24H30O8. The van der Waals surface area contributed by atoms with Gasteiger partial charge in [0.05, 0.1) is 52.1 Å². The van der Waals surface area contributed by atoms with Crippen molar-refractivity contribution in [1.29, 1.82) is 0 Å². The standard InChI is InChI=1S/C24H30O8/c1-29-21(25)17-13-7-5-8(14(13)18(17)22(26)30-2)12-10-6-9(11(7)12)15-16(10)20(24(28)32-4)19(15)23(27)31-3/h7-20H,5-6H2,1-4H3. The van der Waals surface area contributed by atoms with Crippen LogP contribution in [0.25, 0.3) is 0 Å². The SMILES string of the molecule is COC(=O)C1C(C(=O)OC)C2C3CC(C4C5CC(C34)C3C(C(=O)OC)C(C(=O)OC)C53)C12. The molecule has 6 fully saturated rings. The zero-order valence-electron chi connectivity index (χ0n) is 18.8. The first-order chi connectivity index (χ1) is 15.4. The molecule has 6 aliphatic carbocycles. The fourth-order valence-corrected chi connectivity index (χ4v) is 10.3. The third kappa shape index (κ3) is 2.10. The van der Waals surface area contributed by atoms with Gasteiger partial charge in [0.2, 0.25) is 0 Å². The smallest absolute Gasteiger partial charge is 0.309 e. The zero-order valence-corrected chi connectivity index (χ0v) is 18.8. The summed E-state index contributed by atoms with van der Waals surface area (Å²) in [6.45, 7) is 0. The minimum absolute atomic E-state index is 0.156. The highest BCUT2D eigenvalue weighted by atomic mass is 16.5. The van der Waals surface area contributed by atoms with Crippen LogP contribution in [0, 0.1) is 82.9 Å². The van der Waals surface area contributed by atoms with Crippen molar-refractivity contribution < 1.29 is 38.1 Å². The molecule has 8 heteroatoms. The molecule has 0 aromatic rings. The molecule has 8 nitrogen and oxygen atoms in total. The van der Waals surface area contributed by atoms with Crippen molar-refractivity contribution in [3.05, 3.63) is 0 Å². The molecular weight excluding hydrogens is 416 g/mol. The maximum atomic E-state index is 12.6. The highest BCUT2D eigenvalue weighted by molar-refractivity contribution is 5.86. The van der Waals surface area contributed by atoms with Crippen LogP contribution in [0.3, 0.4) is 0 Å². The molecule has 0 spiro atoms. The van der Waals surface area contributed by atoms with Crippen molar-refractivity contribution in [2.24, 2.45) is 82.9 Å². The predicted molar refractivity (Wildman–Crippen MR) is 106 cm³/mol. The zero-order chi connectivity index (χ0) is 22.6. The molecule has 0 amide bonds. The van der Waals surface area contributed by atoms with Crippen molar-refractivity contribution in [3.8, 4) is 0 Å². The van der Waals surface area contributed by atoms with Crippen LogP contribution < -0.4 is 0 Å². The van der Waals surface area contributed by atoms with Gasteiger partial charge in [0.15, 0.2) is 0 Å². The van der Waals surface area contributed by atoms with Crippen LogP contribution in [0.2, 0.25) is 0 Å². The van der Waals surface area contributed by atoms with E-state index in [-0.39, 0.29) is 47.5 Å². The fourth-order valence-electron chi connectivity index (χ4n) is 10.3. The summed E-state index contributed by atoms with van der Waals surface area (Å²) in [6, 6.07) is 0. The van der Waals surface area contributed by atoms with Gasteiger partial charge in [-0.15, -0.1) is 0 Å². The maximum Gasteiger partial charge on any atom is 0.309 e. The van der Waals surface area contributed by atoms with Gasteiger partial charge in [0.1, 0.15) is 0 Å². The van der Waals surface area contributed by atoms with E-state index in [0.29, 0.717) is 35.5 Å². The Balaban J connectivity index is 1.33. The lowest BCUT2D eigenvalue weighted by molar-refractivity contribution is -0.206. The Morgan fingerprint density at radius 1 is 0.438 bits per heavy atom. The van der Waals surface area contributed by atoms with Crippen molar-refractivity contribution >= 4 is 23.9 Å². The Kier molecular flexibility index (Phi) is 4.29. The Hall–Kier alpha value is -2.12. The maximum absolute atomic E-state index is 12.6. The van der Waals surface area contributed by atoms with Gasteiger partial charge >= 0.3 is 23.9 Å². The molecule has 0 radical (unpaired) electrons. The van der Waals surface area contributed by atoms with Gasteiger partial charge in [0.25, 0.3) is 0 Å². The van der Waals surface area contributed by atoms with Crippen LogP contribution in [-0.2, 0) is 38.1 Å². The third-order valence-electron chi connectivity index (χ3n) is 10.7. The van der Waals surface area contributed by atoms with Crippen LogP contribution in [0.1, 0.15) is 12.8 Å². The second-order valence-electron chi connectivity index (χ2n) is 10.8. The van der Waals surface area contributed by atoms with E-state index in [0.717, 1.165) is 12.8 Å². The number of fused-ring (bicyclic) bond motifs is 15. The molecule has 174 valence electrons. The number of hydrogen-bond donors (Lipinski definition) is 0. The molecule has 6 rings (SSSR count). The molecule has 4 bridgehead atoms. The average molecular weight is 446 g/mol. The molecule has 0 aromatic heterocycles. The van der Waals surface area contributed by atoms with Gasteiger partial charge in [-0.1, -0.05) is 0 Å². The Bertz CT molecular complexity index is 758. The van der Waals surface area contributed by atoms with Crippen molar-refractivity contribution in [1.82, 2.24) is 0 Å². The quantitative estimate of drug-likeness (QED) is 0.360. The molecule has 0 N–H and O–H groups in total. The first kappa shape index (κ1) is 20.5. The molecule has 0 heterocycles. The minimum Gasteiger partial charge on any atom is -0.469 e. The highest BCUT2D eigenvalue weighted by Crippen LogP contribution is 2.81. The molecule has 12 unspecified atom stereocenters. The Morgan fingerprint density at radius 3 is 0.844 bits per heavy atom. The number of hydrogen-bond acceptors (Lipinski definition) is 8. The third-order valence-corrected chi connectivity index (χ3v) is 10.7. The van der Waals surface area contributed by atoms with E-state index in [1.807, 2.05) is 0 Å². The lowest BCUT2D eigenvalue weighted by atomic mass is 9.42. The van der Waals surface area contributed by atoms with E-state index in [1.165, 1.54) is 28.4 Å². The predicted octanol–water partition coefficient (Wildman–Crippen LogP) is 1.17. The molecule has 0 aliphatic heterocycles. The van der Waals surface area contributed by atoms with Gasteiger partial charge in [0, 0.05) is 0 Å². The molecule has 0 saturated heterocycles. The number of carbonyl (C=O) groups is 4. The first-order valence-electron chi connectivity index (χ1n) is 11.7. The van der Waals surface area contributed by atoms with E-state index < -0.39 is 23.7 Å². The Morgan fingerprint density at radius 2 is 0.656 bits per heavy atom. The molecule has 0 aromatic carbocycles. The molecule has 6 saturated carbocycles. The topological polar surface area (TPSA) is 105 Å². The summed E-state index contributed by atoms with van der Waals surface area (Å²) in [5, 5.41) is 0. The first-order valence-corrected chi connectivity index (χ1v) is 11.7. The van der Waals surface area contributed by atoms with Gasteiger partial charge in [-0.2, -0.15) is 0 Å². The molecule has 12 atom stereocenters. The normalized spacial score (nSPS) is 52.6. The second-order valence-corrected chi connectivity index (χ2v) is 10.8. The number of carbonyl (C=O) groups excluding carboxylic acids is 4. The number of ether oxygens (including phenoxy) is 4. The average Bonchev–Trinajstić information content (AvgIpc) is 3.47. The van der Waals surface area contributed by atoms with Crippen molar-refractivity contribution in [3.63, 3.8) is 0 Å². The van der Waals surface area contributed by atoms with Crippen LogP contribution in [0.4, 0.5) is 0 Å². The van der Waals surface area contributed by atoms with Crippen LogP contribution >= 0.6 is 0 Å². The summed E-state index contributed by atoms with van der Waals surface area (Å²) in [5.41, 5.74) is 0. The van der Waals surface area contributed by atoms with E-state index in [4.69, 9.17) is 18.9 Å². The largest absolute Gasteiger partial charge is 0.469 e. The molecule has 32 heavy (non-hydrogen) atoms. The van der Waals surface area contributed by atoms with Gasteiger partial charge < -0.3 is 18.9 Å². The summed E-state index contributed by atoms with van der Waals surface area (Å²) in [5.74, 6) is 0.0357. The van der Waals surface area contributed by atoms with E-state index in [9.17, 15) is 19.2 Å². The summed E-state index contributed by atoms with van der Waals surface area (Å²) in [4.78, 5) is 50.4. The number of esters is 4.